The molecular weight excluding hydrogens is 224 g/mol. The van der Waals surface area contributed by atoms with E-state index in [1.165, 1.54) is 7.11 Å². The highest BCUT2D eigenvalue weighted by atomic mass is 16.5. The summed E-state index contributed by atoms with van der Waals surface area (Å²) >= 11 is 0. The first-order valence-electron chi connectivity index (χ1n) is 5.37. The molecule has 0 aliphatic carbocycles. The molecule has 0 bridgehead atoms. The van der Waals surface area contributed by atoms with Gasteiger partial charge in [0.25, 0.3) is 0 Å². The zero-order chi connectivity index (χ0) is 13.0. The molecule has 0 fully saturated rings. The molecular formula is C15H10N2O. The monoisotopic (exact) mass is 234 g/mol. The Balaban J connectivity index is 2.65. The van der Waals surface area contributed by atoms with E-state index in [4.69, 9.17) is 15.3 Å². The quantitative estimate of drug-likeness (QED) is 0.592. The molecule has 0 heterocycles. The number of hydrogen-bond acceptors (Lipinski definition) is 3. The molecule has 0 aromatic heterocycles. The second-order valence-electron chi connectivity index (χ2n) is 3.69. The Hall–Kier alpha value is -2.78. The van der Waals surface area contributed by atoms with Gasteiger partial charge in [-0.3, -0.25) is 0 Å². The topological polar surface area (TPSA) is 56.8 Å². The Kier molecular flexibility index (Phi) is 3.27. The highest BCUT2D eigenvalue weighted by Crippen LogP contribution is 2.23. The zero-order valence-corrected chi connectivity index (χ0v) is 9.84. The van der Waals surface area contributed by atoms with Gasteiger partial charge in [0, 0.05) is 5.56 Å². The van der Waals surface area contributed by atoms with E-state index in [2.05, 4.69) is 0 Å². The van der Waals surface area contributed by atoms with Gasteiger partial charge in [0.15, 0.2) is 11.3 Å². The zero-order valence-electron chi connectivity index (χ0n) is 9.84. The first kappa shape index (κ1) is 11.7. The van der Waals surface area contributed by atoms with Gasteiger partial charge in [-0.1, -0.05) is 36.4 Å². The van der Waals surface area contributed by atoms with Crippen molar-refractivity contribution >= 4 is 16.5 Å². The van der Waals surface area contributed by atoms with Crippen LogP contribution in [0.4, 0.5) is 0 Å². The number of nitrogens with zero attached hydrogens (tertiary/aromatic N) is 2. The van der Waals surface area contributed by atoms with E-state index in [1.54, 1.807) is 0 Å². The highest BCUT2D eigenvalue weighted by molar-refractivity contribution is 5.86. The van der Waals surface area contributed by atoms with Gasteiger partial charge in [0.1, 0.15) is 12.1 Å². The molecule has 0 saturated carbocycles. The third kappa shape index (κ3) is 2.03. The predicted molar refractivity (Wildman–Crippen MR) is 69.1 cm³/mol. The van der Waals surface area contributed by atoms with Crippen LogP contribution in [0.5, 0.6) is 0 Å². The van der Waals surface area contributed by atoms with Crippen molar-refractivity contribution in [1.82, 2.24) is 0 Å². The normalized spacial score (nSPS) is 9.28. The molecule has 3 heteroatoms. The first-order chi connectivity index (χ1) is 8.80. The Morgan fingerprint density at radius 3 is 2.28 bits per heavy atom. The van der Waals surface area contributed by atoms with Crippen LogP contribution in [0.25, 0.3) is 16.5 Å². The Labute approximate surface area is 105 Å². The lowest BCUT2D eigenvalue weighted by molar-refractivity contribution is 0.369. The summed E-state index contributed by atoms with van der Waals surface area (Å²) < 4.78 is 5.16. The van der Waals surface area contributed by atoms with E-state index in [0.717, 1.165) is 16.3 Å². The molecule has 2 aromatic rings. The van der Waals surface area contributed by atoms with Crippen molar-refractivity contribution < 1.29 is 4.74 Å². The van der Waals surface area contributed by atoms with Crippen LogP contribution in [-0.2, 0) is 4.74 Å². The third-order valence-corrected chi connectivity index (χ3v) is 2.67. The second-order valence-corrected chi connectivity index (χ2v) is 3.69. The van der Waals surface area contributed by atoms with Crippen LogP contribution in [0.1, 0.15) is 5.56 Å². The average molecular weight is 234 g/mol. The average Bonchev–Trinajstić information content (AvgIpc) is 2.44. The number of fused-ring (bicyclic) bond motifs is 1. The molecule has 2 aromatic carbocycles. The van der Waals surface area contributed by atoms with Crippen molar-refractivity contribution in [2.75, 3.05) is 7.11 Å². The van der Waals surface area contributed by atoms with Crippen LogP contribution in [0.15, 0.2) is 48.0 Å². The van der Waals surface area contributed by atoms with Gasteiger partial charge in [0.2, 0.25) is 0 Å². The molecule has 0 saturated heterocycles. The number of ether oxygens (including phenoxy) is 1. The maximum absolute atomic E-state index is 8.89. The van der Waals surface area contributed by atoms with Crippen LogP contribution in [0.3, 0.4) is 0 Å². The van der Waals surface area contributed by atoms with E-state index in [9.17, 15) is 0 Å². The maximum Gasteiger partial charge on any atom is 0.172 e. The number of allylic oxidation sites excluding steroid dienone is 1. The fourth-order valence-corrected chi connectivity index (χ4v) is 1.82. The van der Waals surface area contributed by atoms with Crippen LogP contribution in [-0.4, -0.2) is 7.11 Å². The van der Waals surface area contributed by atoms with E-state index < -0.39 is 0 Å². The molecule has 3 nitrogen and oxygen atoms in total. The van der Waals surface area contributed by atoms with E-state index in [1.807, 2.05) is 54.6 Å². The van der Waals surface area contributed by atoms with Crippen LogP contribution in [0.2, 0.25) is 0 Å². The molecule has 2 rings (SSSR count). The van der Waals surface area contributed by atoms with Gasteiger partial charge in [-0.2, -0.15) is 10.5 Å². The summed E-state index contributed by atoms with van der Waals surface area (Å²) in [6.07, 6.45) is 0. The Bertz CT molecular complexity index is 686. The van der Waals surface area contributed by atoms with Crippen molar-refractivity contribution in [3.63, 3.8) is 0 Å². The lowest BCUT2D eigenvalue weighted by Gasteiger charge is -2.07. The predicted octanol–water partition coefficient (Wildman–Crippen LogP) is 3.24. The van der Waals surface area contributed by atoms with E-state index in [0.29, 0.717) is 5.76 Å². The van der Waals surface area contributed by atoms with Gasteiger partial charge in [0.05, 0.1) is 7.11 Å². The second kappa shape index (κ2) is 5.03. The minimum atomic E-state index is -0.0206. The number of nitriles is 2. The van der Waals surface area contributed by atoms with Crippen LogP contribution in [0, 0.1) is 22.7 Å². The van der Waals surface area contributed by atoms with Gasteiger partial charge in [-0.05, 0) is 16.8 Å². The standard InChI is InChI=1S/C15H10N2O/c1-18-15(14(9-16)10-17)13-7-6-11-4-2-3-5-12(11)8-13/h2-8H,1H3. The molecule has 18 heavy (non-hydrogen) atoms. The van der Waals surface area contributed by atoms with Crippen molar-refractivity contribution in [2.24, 2.45) is 0 Å². The molecule has 86 valence electrons. The fraction of sp³-hybridized carbons (Fsp3) is 0.0667. The Morgan fingerprint density at radius 1 is 1.00 bits per heavy atom. The number of hydrogen-bond donors (Lipinski definition) is 0. The van der Waals surface area contributed by atoms with Crippen molar-refractivity contribution in [1.29, 1.82) is 10.5 Å². The fourth-order valence-electron chi connectivity index (χ4n) is 1.82. The largest absolute Gasteiger partial charge is 0.494 e. The molecule has 0 atom stereocenters. The van der Waals surface area contributed by atoms with Crippen molar-refractivity contribution in [3.05, 3.63) is 53.6 Å². The van der Waals surface area contributed by atoms with Gasteiger partial charge >= 0.3 is 0 Å². The maximum atomic E-state index is 8.89. The number of benzene rings is 2. The summed E-state index contributed by atoms with van der Waals surface area (Å²) in [5.41, 5.74) is 0.710. The molecule has 0 radical (unpaired) electrons. The number of rotatable bonds is 2. The molecule has 0 aliphatic heterocycles. The summed E-state index contributed by atoms with van der Waals surface area (Å²) in [6, 6.07) is 17.3. The Morgan fingerprint density at radius 2 is 1.67 bits per heavy atom. The third-order valence-electron chi connectivity index (χ3n) is 2.67. The summed E-state index contributed by atoms with van der Waals surface area (Å²) in [5.74, 6) is 0.311. The number of methoxy groups -OCH3 is 1. The molecule has 0 amide bonds. The lowest BCUT2D eigenvalue weighted by atomic mass is 10.0. The minimum absolute atomic E-state index is 0.0206. The van der Waals surface area contributed by atoms with Gasteiger partial charge in [-0.15, -0.1) is 0 Å². The highest BCUT2D eigenvalue weighted by Gasteiger charge is 2.09. The summed E-state index contributed by atoms with van der Waals surface area (Å²) in [6.45, 7) is 0. The van der Waals surface area contributed by atoms with Crippen molar-refractivity contribution in [3.8, 4) is 12.1 Å². The summed E-state index contributed by atoms with van der Waals surface area (Å²) in [5, 5.41) is 19.9. The summed E-state index contributed by atoms with van der Waals surface area (Å²) in [7, 11) is 1.46. The van der Waals surface area contributed by atoms with E-state index >= 15 is 0 Å². The molecule has 0 N–H and O–H groups in total. The molecule has 0 unspecified atom stereocenters. The van der Waals surface area contributed by atoms with Crippen LogP contribution < -0.4 is 0 Å². The van der Waals surface area contributed by atoms with E-state index in [-0.39, 0.29) is 5.57 Å². The van der Waals surface area contributed by atoms with Gasteiger partial charge < -0.3 is 4.74 Å². The van der Waals surface area contributed by atoms with Crippen molar-refractivity contribution in [2.45, 2.75) is 0 Å². The summed E-state index contributed by atoms with van der Waals surface area (Å²) in [4.78, 5) is 0. The smallest absolute Gasteiger partial charge is 0.172 e. The first-order valence-corrected chi connectivity index (χ1v) is 5.37. The molecule has 0 spiro atoms. The van der Waals surface area contributed by atoms with Gasteiger partial charge in [-0.25, -0.2) is 0 Å². The minimum Gasteiger partial charge on any atom is -0.494 e. The lowest BCUT2D eigenvalue weighted by Crippen LogP contribution is -1.92. The molecule has 0 aliphatic rings. The SMILES string of the molecule is COC(=C(C#N)C#N)c1ccc2ccccc2c1. The van der Waals surface area contributed by atoms with Crippen LogP contribution >= 0.6 is 0 Å².